The Kier molecular flexibility index (Phi) is 6.12. The first kappa shape index (κ1) is 18.7. The monoisotopic (exact) mass is 376 g/mol. The molecule has 1 fully saturated rings. The van der Waals surface area contributed by atoms with Crippen molar-refractivity contribution >= 4 is 17.3 Å². The number of rotatable bonds is 6. The van der Waals surface area contributed by atoms with Crippen molar-refractivity contribution in [2.75, 3.05) is 52.4 Å². The minimum Gasteiger partial charge on any atom is -0.493 e. The van der Waals surface area contributed by atoms with Gasteiger partial charge in [0.25, 0.3) is 0 Å². The van der Waals surface area contributed by atoms with Crippen molar-refractivity contribution in [3.63, 3.8) is 0 Å². The molecule has 1 aliphatic heterocycles. The third kappa shape index (κ3) is 3.84. The van der Waals surface area contributed by atoms with Crippen LogP contribution in [0.25, 0.3) is 0 Å². The van der Waals surface area contributed by atoms with Crippen molar-refractivity contribution in [2.45, 2.75) is 6.54 Å². The maximum atomic E-state index is 6.33. The Hall–Kier alpha value is -2.11. The van der Waals surface area contributed by atoms with Crippen LogP contribution in [0.4, 0.5) is 5.69 Å². The molecule has 6 heteroatoms. The van der Waals surface area contributed by atoms with Gasteiger partial charge >= 0.3 is 0 Å². The Labute approximate surface area is 160 Å². The van der Waals surface area contributed by atoms with Crippen molar-refractivity contribution in [2.24, 2.45) is 0 Å². The molecule has 26 heavy (non-hydrogen) atoms. The first-order valence-electron chi connectivity index (χ1n) is 8.67. The predicted octanol–water partition coefficient (Wildman–Crippen LogP) is 3.69. The van der Waals surface area contributed by atoms with Crippen molar-refractivity contribution in [3.05, 3.63) is 47.0 Å². The van der Waals surface area contributed by atoms with E-state index in [4.69, 9.17) is 25.8 Å². The van der Waals surface area contributed by atoms with Crippen LogP contribution in [-0.4, -0.2) is 52.4 Å². The highest BCUT2D eigenvalue weighted by molar-refractivity contribution is 6.33. The summed E-state index contributed by atoms with van der Waals surface area (Å²) >= 11 is 6.33. The Morgan fingerprint density at radius 3 is 2.15 bits per heavy atom. The second-order valence-electron chi connectivity index (χ2n) is 6.21. The lowest BCUT2D eigenvalue weighted by Gasteiger charge is -2.36. The third-order valence-electron chi connectivity index (χ3n) is 4.75. The number of ether oxygens (including phenoxy) is 3. The van der Waals surface area contributed by atoms with Crippen LogP contribution in [0.15, 0.2) is 36.4 Å². The van der Waals surface area contributed by atoms with Gasteiger partial charge in [-0.05, 0) is 18.2 Å². The molecular weight excluding hydrogens is 352 g/mol. The molecule has 3 rings (SSSR count). The van der Waals surface area contributed by atoms with Crippen LogP contribution in [0.1, 0.15) is 5.56 Å². The molecule has 0 N–H and O–H groups in total. The first-order chi connectivity index (χ1) is 12.7. The molecule has 0 radical (unpaired) electrons. The zero-order valence-electron chi connectivity index (χ0n) is 15.5. The maximum Gasteiger partial charge on any atom is 0.203 e. The lowest BCUT2D eigenvalue weighted by atomic mass is 10.1. The molecular formula is C20H25ClN2O3. The molecule has 0 aliphatic carbocycles. The Balaban J connectivity index is 1.69. The quantitative estimate of drug-likeness (QED) is 0.768. The summed E-state index contributed by atoms with van der Waals surface area (Å²) in [6, 6.07) is 12.0. The molecule has 0 spiro atoms. The van der Waals surface area contributed by atoms with E-state index in [2.05, 4.69) is 15.9 Å². The number of methoxy groups -OCH3 is 3. The summed E-state index contributed by atoms with van der Waals surface area (Å²) in [5.74, 6) is 2.05. The standard InChI is InChI=1S/C20H25ClN2O3/c1-24-18-9-8-15(19(25-2)20(18)26-3)14-22-10-12-23(13-11-22)17-7-5-4-6-16(17)21/h4-9H,10-14H2,1-3H3. The van der Waals surface area contributed by atoms with E-state index in [1.54, 1.807) is 21.3 Å². The number of hydrogen-bond donors (Lipinski definition) is 0. The average molecular weight is 377 g/mol. The van der Waals surface area contributed by atoms with Crippen LogP contribution >= 0.6 is 11.6 Å². The van der Waals surface area contributed by atoms with E-state index in [9.17, 15) is 0 Å². The number of piperazine rings is 1. The van der Waals surface area contributed by atoms with Crippen molar-refractivity contribution in [3.8, 4) is 17.2 Å². The topological polar surface area (TPSA) is 34.2 Å². The number of anilines is 1. The fourth-order valence-electron chi connectivity index (χ4n) is 3.38. The van der Waals surface area contributed by atoms with Gasteiger partial charge < -0.3 is 19.1 Å². The van der Waals surface area contributed by atoms with Gasteiger partial charge in [-0.1, -0.05) is 29.8 Å². The van der Waals surface area contributed by atoms with E-state index in [-0.39, 0.29) is 0 Å². The predicted molar refractivity (Wildman–Crippen MR) is 105 cm³/mol. The van der Waals surface area contributed by atoms with E-state index < -0.39 is 0 Å². The summed E-state index contributed by atoms with van der Waals surface area (Å²) < 4.78 is 16.4. The summed E-state index contributed by atoms with van der Waals surface area (Å²) in [5, 5.41) is 0.808. The first-order valence-corrected chi connectivity index (χ1v) is 9.05. The van der Waals surface area contributed by atoms with E-state index in [0.29, 0.717) is 11.5 Å². The largest absolute Gasteiger partial charge is 0.493 e. The van der Waals surface area contributed by atoms with Gasteiger partial charge in [0.1, 0.15) is 0 Å². The summed E-state index contributed by atoms with van der Waals surface area (Å²) in [4.78, 5) is 4.75. The minimum atomic E-state index is 0.641. The van der Waals surface area contributed by atoms with Crippen LogP contribution in [0, 0.1) is 0 Å². The van der Waals surface area contributed by atoms with Gasteiger partial charge in [-0.15, -0.1) is 0 Å². The van der Waals surface area contributed by atoms with Crippen LogP contribution in [0.2, 0.25) is 5.02 Å². The number of nitrogens with zero attached hydrogens (tertiary/aromatic N) is 2. The second kappa shape index (κ2) is 8.52. The number of benzene rings is 2. The zero-order chi connectivity index (χ0) is 18.5. The molecule has 0 unspecified atom stereocenters. The van der Waals surface area contributed by atoms with Gasteiger partial charge in [-0.3, -0.25) is 4.90 Å². The lowest BCUT2D eigenvalue weighted by molar-refractivity contribution is 0.244. The van der Waals surface area contributed by atoms with E-state index >= 15 is 0 Å². The Morgan fingerprint density at radius 1 is 0.846 bits per heavy atom. The van der Waals surface area contributed by atoms with Crippen LogP contribution in [-0.2, 0) is 6.54 Å². The minimum absolute atomic E-state index is 0.641. The molecule has 0 saturated carbocycles. The molecule has 0 atom stereocenters. The molecule has 2 aromatic rings. The number of hydrogen-bond acceptors (Lipinski definition) is 5. The zero-order valence-corrected chi connectivity index (χ0v) is 16.3. The van der Waals surface area contributed by atoms with E-state index in [1.165, 1.54) is 0 Å². The summed E-state index contributed by atoms with van der Waals surface area (Å²) in [5.41, 5.74) is 2.20. The SMILES string of the molecule is COc1ccc(CN2CCN(c3ccccc3Cl)CC2)c(OC)c1OC. The lowest BCUT2D eigenvalue weighted by Crippen LogP contribution is -2.46. The average Bonchev–Trinajstić information content (AvgIpc) is 2.68. The number of para-hydroxylation sites is 1. The van der Waals surface area contributed by atoms with Crippen LogP contribution in [0.3, 0.4) is 0 Å². The molecule has 0 amide bonds. The van der Waals surface area contributed by atoms with Gasteiger partial charge in [0.05, 0.1) is 32.0 Å². The van der Waals surface area contributed by atoms with Crippen LogP contribution < -0.4 is 19.1 Å². The van der Waals surface area contributed by atoms with Gasteiger partial charge in [0, 0.05) is 38.3 Å². The normalized spacial score (nSPS) is 15.0. The fraction of sp³-hybridized carbons (Fsp3) is 0.400. The summed E-state index contributed by atoms with van der Waals surface area (Å²) in [6.45, 7) is 4.62. The van der Waals surface area contributed by atoms with Gasteiger partial charge in [-0.25, -0.2) is 0 Å². The second-order valence-corrected chi connectivity index (χ2v) is 6.62. The van der Waals surface area contributed by atoms with Crippen molar-refractivity contribution in [1.29, 1.82) is 0 Å². The van der Waals surface area contributed by atoms with E-state index in [0.717, 1.165) is 54.7 Å². The smallest absolute Gasteiger partial charge is 0.203 e. The highest BCUT2D eigenvalue weighted by Crippen LogP contribution is 2.40. The van der Waals surface area contributed by atoms with Crippen molar-refractivity contribution < 1.29 is 14.2 Å². The molecule has 1 heterocycles. The van der Waals surface area contributed by atoms with Gasteiger partial charge in [0.15, 0.2) is 11.5 Å². The van der Waals surface area contributed by atoms with Gasteiger partial charge in [-0.2, -0.15) is 0 Å². The van der Waals surface area contributed by atoms with Gasteiger partial charge in [0.2, 0.25) is 5.75 Å². The summed E-state index contributed by atoms with van der Waals surface area (Å²) in [6.07, 6.45) is 0. The molecule has 5 nitrogen and oxygen atoms in total. The summed E-state index contributed by atoms with van der Waals surface area (Å²) in [7, 11) is 4.92. The number of halogens is 1. The molecule has 0 bridgehead atoms. The third-order valence-corrected chi connectivity index (χ3v) is 5.06. The molecule has 0 aromatic heterocycles. The van der Waals surface area contributed by atoms with Crippen LogP contribution in [0.5, 0.6) is 17.2 Å². The molecule has 1 saturated heterocycles. The molecule has 2 aromatic carbocycles. The molecule has 140 valence electrons. The fourth-order valence-corrected chi connectivity index (χ4v) is 3.64. The molecule has 1 aliphatic rings. The highest BCUT2D eigenvalue weighted by Gasteiger charge is 2.22. The maximum absolute atomic E-state index is 6.33. The highest BCUT2D eigenvalue weighted by atomic mass is 35.5. The Bertz CT molecular complexity index is 746. The Morgan fingerprint density at radius 2 is 1.54 bits per heavy atom. The van der Waals surface area contributed by atoms with E-state index in [1.807, 2.05) is 30.3 Å². The van der Waals surface area contributed by atoms with Crippen molar-refractivity contribution in [1.82, 2.24) is 4.90 Å².